The molecule has 0 aliphatic rings. The summed E-state index contributed by atoms with van der Waals surface area (Å²) in [6.07, 6.45) is 1.75. The largest absolute Gasteiger partial charge is 0.399 e. The van der Waals surface area contributed by atoms with Gasteiger partial charge < -0.3 is 10.6 Å². The van der Waals surface area contributed by atoms with Crippen LogP contribution in [0, 0.1) is 0 Å². The van der Waals surface area contributed by atoms with E-state index in [9.17, 15) is 4.79 Å². The van der Waals surface area contributed by atoms with E-state index in [2.05, 4.69) is 5.10 Å². The van der Waals surface area contributed by atoms with Crippen LogP contribution in [0.4, 0.5) is 11.4 Å². The minimum Gasteiger partial charge on any atom is -0.399 e. The summed E-state index contributed by atoms with van der Waals surface area (Å²) >= 11 is 0. The Labute approximate surface area is 106 Å². The van der Waals surface area contributed by atoms with Crippen LogP contribution in [-0.2, 0) is 7.05 Å². The fraction of sp³-hybridized carbons (Fsp3) is 0.231. The van der Waals surface area contributed by atoms with Crippen molar-refractivity contribution in [1.29, 1.82) is 0 Å². The number of anilines is 2. The summed E-state index contributed by atoms with van der Waals surface area (Å²) in [6, 6.07) is 8.98. The maximum atomic E-state index is 12.3. The summed E-state index contributed by atoms with van der Waals surface area (Å²) in [7, 11) is 1.79. The molecule has 0 atom stereocenters. The first-order valence-corrected chi connectivity index (χ1v) is 5.79. The van der Waals surface area contributed by atoms with Crippen molar-refractivity contribution >= 4 is 17.3 Å². The van der Waals surface area contributed by atoms with Gasteiger partial charge in [-0.1, -0.05) is 6.07 Å². The number of benzene rings is 1. The molecule has 1 amide bonds. The Morgan fingerprint density at radius 1 is 1.44 bits per heavy atom. The number of aryl methyl sites for hydroxylation is 1. The number of carbonyl (C=O) groups is 1. The van der Waals surface area contributed by atoms with E-state index in [-0.39, 0.29) is 5.91 Å². The zero-order chi connectivity index (χ0) is 13.1. The molecule has 0 unspecified atom stereocenters. The lowest BCUT2D eigenvalue weighted by Crippen LogP contribution is -2.31. The highest BCUT2D eigenvalue weighted by atomic mass is 16.2. The number of hydrogen-bond acceptors (Lipinski definition) is 3. The molecule has 5 heteroatoms. The van der Waals surface area contributed by atoms with Crippen LogP contribution < -0.4 is 10.6 Å². The molecule has 1 heterocycles. The van der Waals surface area contributed by atoms with Gasteiger partial charge in [-0.05, 0) is 31.2 Å². The van der Waals surface area contributed by atoms with Crippen LogP contribution in [0.15, 0.2) is 36.5 Å². The molecule has 1 aromatic carbocycles. The first-order chi connectivity index (χ1) is 8.61. The summed E-state index contributed by atoms with van der Waals surface area (Å²) in [5.41, 5.74) is 7.59. The Balaban J connectivity index is 2.31. The Morgan fingerprint density at radius 3 is 2.78 bits per heavy atom. The van der Waals surface area contributed by atoms with Gasteiger partial charge in [-0.2, -0.15) is 5.10 Å². The van der Waals surface area contributed by atoms with E-state index in [1.54, 1.807) is 41.0 Å². The number of nitrogens with zero attached hydrogens (tertiary/aromatic N) is 3. The SMILES string of the molecule is CCN(C(=O)c1ccn(C)n1)c1cccc(N)c1. The molecule has 0 fully saturated rings. The lowest BCUT2D eigenvalue weighted by atomic mass is 10.2. The summed E-state index contributed by atoms with van der Waals surface area (Å²) in [4.78, 5) is 14.0. The second-order valence-corrected chi connectivity index (χ2v) is 4.02. The molecule has 0 saturated heterocycles. The molecule has 5 nitrogen and oxygen atoms in total. The minimum absolute atomic E-state index is 0.122. The molecule has 0 bridgehead atoms. The fourth-order valence-electron chi connectivity index (χ4n) is 1.80. The molecule has 1 aromatic heterocycles. The predicted molar refractivity (Wildman–Crippen MR) is 71.4 cm³/mol. The van der Waals surface area contributed by atoms with Crippen LogP contribution in [0.25, 0.3) is 0 Å². The van der Waals surface area contributed by atoms with Crippen LogP contribution in [-0.4, -0.2) is 22.2 Å². The van der Waals surface area contributed by atoms with E-state index in [1.807, 2.05) is 19.1 Å². The van der Waals surface area contributed by atoms with E-state index in [0.717, 1.165) is 5.69 Å². The van der Waals surface area contributed by atoms with E-state index in [1.165, 1.54) is 0 Å². The molecule has 2 N–H and O–H groups in total. The van der Waals surface area contributed by atoms with Gasteiger partial charge in [0.2, 0.25) is 0 Å². The third-order valence-electron chi connectivity index (χ3n) is 2.68. The standard InChI is InChI=1S/C13H16N4O/c1-3-17(11-6-4-5-10(14)9-11)13(18)12-7-8-16(2)15-12/h4-9H,3,14H2,1-2H3. The summed E-state index contributed by atoms with van der Waals surface area (Å²) in [6.45, 7) is 2.49. The summed E-state index contributed by atoms with van der Waals surface area (Å²) in [5, 5.41) is 4.12. The van der Waals surface area contributed by atoms with Gasteiger partial charge in [0.25, 0.3) is 5.91 Å². The Bertz CT molecular complexity index is 562. The zero-order valence-corrected chi connectivity index (χ0v) is 10.5. The first-order valence-electron chi connectivity index (χ1n) is 5.79. The molecule has 0 saturated carbocycles. The highest BCUT2D eigenvalue weighted by Gasteiger charge is 2.18. The first kappa shape index (κ1) is 12.2. The van der Waals surface area contributed by atoms with Crippen LogP contribution in [0.1, 0.15) is 17.4 Å². The normalized spacial score (nSPS) is 10.3. The average molecular weight is 244 g/mol. The number of carbonyl (C=O) groups excluding carboxylic acids is 1. The monoisotopic (exact) mass is 244 g/mol. The summed E-state index contributed by atoms with van der Waals surface area (Å²) < 4.78 is 1.61. The predicted octanol–water partition coefficient (Wildman–Crippen LogP) is 1.67. The van der Waals surface area contributed by atoms with Gasteiger partial charge in [0, 0.05) is 31.2 Å². The van der Waals surface area contributed by atoms with E-state index in [4.69, 9.17) is 5.73 Å². The van der Waals surface area contributed by atoms with Gasteiger partial charge in [-0.15, -0.1) is 0 Å². The lowest BCUT2D eigenvalue weighted by Gasteiger charge is -2.20. The molecule has 2 rings (SSSR count). The third-order valence-corrected chi connectivity index (χ3v) is 2.68. The third kappa shape index (κ3) is 2.34. The number of rotatable bonds is 3. The number of aromatic nitrogens is 2. The lowest BCUT2D eigenvalue weighted by molar-refractivity contribution is 0.0983. The van der Waals surface area contributed by atoms with Crippen LogP contribution >= 0.6 is 0 Å². The minimum atomic E-state index is -0.122. The van der Waals surface area contributed by atoms with Crippen molar-refractivity contribution in [2.45, 2.75) is 6.92 Å². The van der Waals surface area contributed by atoms with Gasteiger partial charge in [0.15, 0.2) is 5.69 Å². The summed E-state index contributed by atoms with van der Waals surface area (Å²) in [5.74, 6) is -0.122. The van der Waals surface area contributed by atoms with Crippen molar-refractivity contribution < 1.29 is 4.79 Å². The molecule has 0 spiro atoms. The number of nitrogen functional groups attached to an aromatic ring is 1. The topological polar surface area (TPSA) is 64.2 Å². The number of nitrogens with two attached hydrogens (primary N) is 1. The quantitative estimate of drug-likeness (QED) is 0.835. The second-order valence-electron chi connectivity index (χ2n) is 4.02. The second kappa shape index (κ2) is 4.91. The molecular weight excluding hydrogens is 228 g/mol. The van der Waals surface area contributed by atoms with Crippen molar-refractivity contribution in [2.24, 2.45) is 7.05 Å². The maximum Gasteiger partial charge on any atom is 0.278 e. The van der Waals surface area contributed by atoms with Gasteiger partial charge >= 0.3 is 0 Å². The zero-order valence-electron chi connectivity index (χ0n) is 10.5. The number of amides is 1. The van der Waals surface area contributed by atoms with Crippen LogP contribution in [0.2, 0.25) is 0 Å². The van der Waals surface area contributed by atoms with Gasteiger partial charge in [0.05, 0.1) is 0 Å². The maximum absolute atomic E-state index is 12.3. The smallest absolute Gasteiger partial charge is 0.278 e. The molecule has 2 aromatic rings. The molecule has 0 aliphatic carbocycles. The molecule has 0 radical (unpaired) electrons. The Kier molecular flexibility index (Phi) is 3.32. The highest BCUT2D eigenvalue weighted by molar-refractivity contribution is 6.04. The van der Waals surface area contributed by atoms with Crippen LogP contribution in [0.3, 0.4) is 0 Å². The van der Waals surface area contributed by atoms with Crippen LogP contribution in [0.5, 0.6) is 0 Å². The van der Waals surface area contributed by atoms with Crippen molar-refractivity contribution in [3.05, 3.63) is 42.2 Å². The van der Waals surface area contributed by atoms with Crippen molar-refractivity contribution in [3.63, 3.8) is 0 Å². The Morgan fingerprint density at radius 2 is 2.22 bits per heavy atom. The van der Waals surface area contributed by atoms with Gasteiger partial charge in [0.1, 0.15) is 0 Å². The highest BCUT2D eigenvalue weighted by Crippen LogP contribution is 2.19. The molecule has 18 heavy (non-hydrogen) atoms. The molecular formula is C13H16N4O. The Hall–Kier alpha value is -2.30. The van der Waals surface area contributed by atoms with Crippen molar-refractivity contribution in [1.82, 2.24) is 9.78 Å². The van der Waals surface area contributed by atoms with E-state index >= 15 is 0 Å². The molecule has 0 aliphatic heterocycles. The fourth-order valence-corrected chi connectivity index (χ4v) is 1.80. The van der Waals surface area contributed by atoms with Crippen molar-refractivity contribution in [3.8, 4) is 0 Å². The van der Waals surface area contributed by atoms with Gasteiger partial charge in [-0.25, -0.2) is 0 Å². The van der Waals surface area contributed by atoms with Gasteiger partial charge in [-0.3, -0.25) is 9.48 Å². The molecule has 94 valence electrons. The average Bonchev–Trinajstić information content (AvgIpc) is 2.77. The van der Waals surface area contributed by atoms with E-state index < -0.39 is 0 Å². The number of hydrogen-bond donors (Lipinski definition) is 1. The van der Waals surface area contributed by atoms with E-state index in [0.29, 0.717) is 17.9 Å². The van der Waals surface area contributed by atoms with Crippen molar-refractivity contribution in [2.75, 3.05) is 17.2 Å².